The molecule has 0 radical (unpaired) electrons. The van der Waals surface area contributed by atoms with Crippen molar-refractivity contribution in [2.24, 2.45) is 0 Å². The summed E-state index contributed by atoms with van der Waals surface area (Å²) in [7, 11) is -4.25. The molecule has 10 nitrogen and oxygen atoms in total. The van der Waals surface area contributed by atoms with E-state index in [0.717, 1.165) is 11.1 Å². The van der Waals surface area contributed by atoms with Crippen molar-refractivity contribution in [3.05, 3.63) is 65.7 Å². The lowest BCUT2D eigenvalue weighted by molar-refractivity contribution is -0.0400. The van der Waals surface area contributed by atoms with Gasteiger partial charge in [-0.1, -0.05) is 90.1 Å². The minimum Gasteiger partial charge on any atom is -0.471 e. The highest BCUT2D eigenvalue weighted by molar-refractivity contribution is 6.74. The number of fused-ring (bicyclic) bond motifs is 1. The van der Waals surface area contributed by atoms with Crippen LogP contribution < -0.4 is 15.2 Å². The fourth-order valence-corrected chi connectivity index (χ4v) is 7.44. The molecule has 3 heterocycles. The molecule has 0 amide bonds. The number of rotatable bonds is 11. The van der Waals surface area contributed by atoms with Crippen molar-refractivity contribution in [2.75, 3.05) is 12.3 Å². The van der Waals surface area contributed by atoms with E-state index < -0.39 is 22.9 Å². The number of imidazole rings is 1. The number of nitrogen functional groups attached to an aromatic ring is 1. The second-order valence-electron chi connectivity index (χ2n) is 15.8. The minimum absolute atomic E-state index is 0.0173. The summed E-state index contributed by atoms with van der Waals surface area (Å²) in [6, 6.07) is 18.0. The Hall–Kier alpha value is -3.30. The monoisotopic (exact) mass is 691 g/mol. The van der Waals surface area contributed by atoms with Crippen LogP contribution in [0.4, 0.5) is 5.95 Å². The Morgan fingerprint density at radius 2 is 1.52 bits per heavy atom. The molecule has 0 aliphatic carbocycles. The summed E-state index contributed by atoms with van der Waals surface area (Å²) in [6.07, 6.45) is -0.488. The summed E-state index contributed by atoms with van der Waals surface area (Å²) in [6.45, 7) is 25.3. The summed E-state index contributed by atoms with van der Waals surface area (Å²) in [4.78, 5) is 14.0. The van der Waals surface area contributed by atoms with Gasteiger partial charge in [0.2, 0.25) is 11.8 Å². The summed E-state index contributed by atoms with van der Waals surface area (Å²) in [5, 5.41) is 0.0733. The molecule has 1 aliphatic rings. The second-order valence-corrected chi connectivity index (χ2v) is 25.4. The third kappa shape index (κ3) is 7.78. The summed E-state index contributed by atoms with van der Waals surface area (Å²) in [5.74, 6) is 1.02. The number of aryl methyl sites for hydroxylation is 1. The number of benzene rings is 2. The Balaban J connectivity index is 1.57. The molecule has 1 fully saturated rings. The summed E-state index contributed by atoms with van der Waals surface area (Å²) >= 11 is 0. The topological polar surface area (TPSA) is 116 Å². The molecule has 12 heteroatoms. The number of aromatic nitrogens is 4. The van der Waals surface area contributed by atoms with Crippen molar-refractivity contribution in [2.45, 2.75) is 116 Å². The van der Waals surface area contributed by atoms with Gasteiger partial charge in [-0.2, -0.15) is 15.0 Å². The predicted octanol–water partition coefficient (Wildman–Crippen LogP) is 8.79. The van der Waals surface area contributed by atoms with E-state index in [0.29, 0.717) is 42.6 Å². The number of hydrogen-bond acceptors (Lipinski definition) is 9. The first-order valence-corrected chi connectivity index (χ1v) is 22.6. The van der Waals surface area contributed by atoms with Crippen molar-refractivity contribution in [3.8, 4) is 17.6 Å². The van der Waals surface area contributed by atoms with Crippen LogP contribution >= 0.6 is 0 Å². The molecule has 48 heavy (non-hydrogen) atoms. The minimum atomic E-state index is -2.18. The van der Waals surface area contributed by atoms with E-state index in [1.807, 2.05) is 66.1 Å². The van der Waals surface area contributed by atoms with Gasteiger partial charge in [0.1, 0.15) is 24.7 Å². The smallest absolute Gasteiger partial charge is 0.306 e. The number of nitrogens with two attached hydrogens (primary N) is 1. The largest absolute Gasteiger partial charge is 0.471 e. The fourth-order valence-electron chi connectivity index (χ4n) is 5.07. The van der Waals surface area contributed by atoms with Crippen LogP contribution in [0.1, 0.15) is 65.3 Å². The van der Waals surface area contributed by atoms with Gasteiger partial charge in [-0.25, -0.2) is 0 Å². The molecule has 1 aliphatic heterocycles. The van der Waals surface area contributed by atoms with Gasteiger partial charge in [0.25, 0.3) is 0 Å². The Bertz CT molecular complexity index is 1720. The van der Waals surface area contributed by atoms with Crippen LogP contribution in [0.15, 0.2) is 54.6 Å². The molecule has 3 atom stereocenters. The zero-order valence-electron chi connectivity index (χ0n) is 30.5. The average Bonchev–Trinajstić information content (AvgIpc) is 3.55. The number of hydrogen-bond donors (Lipinski definition) is 1. The van der Waals surface area contributed by atoms with E-state index in [1.165, 1.54) is 0 Å². The van der Waals surface area contributed by atoms with Gasteiger partial charge in [0, 0.05) is 6.42 Å². The number of nitrogens with zero attached hydrogens (tertiary/aromatic N) is 4. The molecular formula is C36H53N5O5Si2. The number of para-hydroxylation sites is 1. The zero-order chi connectivity index (χ0) is 35.1. The zero-order valence-corrected chi connectivity index (χ0v) is 32.5. The van der Waals surface area contributed by atoms with Crippen molar-refractivity contribution in [3.63, 3.8) is 0 Å². The summed E-state index contributed by atoms with van der Waals surface area (Å²) in [5.41, 5.74) is 9.18. The Morgan fingerprint density at radius 3 is 2.17 bits per heavy atom. The van der Waals surface area contributed by atoms with Crippen LogP contribution in [-0.2, 0) is 20.2 Å². The molecular weight excluding hydrogens is 639 g/mol. The van der Waals surface area contributed by atoms with Crippen LogP contribution in [0.2, 0.25) is 36.3 Å². The highest BCUT2D eigenvalue weighted by Crippen LogP contribution is 2.45. The van der Waals surface area contributed by atoms with Gasteiger partial charge in [0.05, 0.1) is 12.7 Å². The number of anilines is 1. The highest BCUT2D eigenvalue weighted by Gasteiger charge is 2.47. The lowest BCUT2D eigenvalue weighted by Crippen LogP contribution is -2.48. The molecule has 5 rings (SSSR count). The van der Waals surface area contributed by atoms with E-state index in [4.69, 9.17) is 33.8 Å². The first-order valence-electron chi connectivity index (χ1n) is 16.8. The molecule has 1 saturated heterocycles. The predicted molar refractivity (Wildman–Crippen MR) is 196 cm³/mol. The molecule has 4 aromatic rings. The van der Waals surface area contributed by atoms with Crippen LogP contribution in [0.25, 0.3) is 11.2 Å². The van der Waals surface area contributed by atoms with Gasteiger partial charge >= 0.3 is 6.01 Å². The van der Waals surface area contributed by atoms with Crippen LogP contribution in [-0.4, -0.2) is 55.0 Å². The fraction of sp³-hybridized carbons (Fsp3) is 0.528. The van der Waals surface area contributed by atoms with Gasteiger partial charge in [-0.3, -0.25) is 4.57 Å². The van der Waals surface area contributed by atoms with Crippen LogP contribution in [0.3, 0.4) is 0 Å². The second kappa shape index (κ2) is 13.5. The number of ether oxygens (including phenoxy) is 3. The SMILES string of the molecule is Cc1ccccc1Oc1nc2c(OCc3ccccc3)nc(N)nc2n1[C@H]1C[C@H](O[Si](C)(C)C(C)(C)C)[C@@H](CO[Si](C)(C)C(C)(C)C)O1. The first kappa shape index (κ1) is 36.0. The molecule has 0 spiro atoms. The van der Waals surface area contributed by atoms with Crippen molar-refractivity contribution < 1.29 is 23.1 Å². The molecule has 260 valence electrons. The third-order valence-electron chi connectivity index (χ3n) is 10.1. The third-order valence-corrected chi connectivity index (χ3v) is 19.1. The lowest BCUT2D eigenvalue weighted by Gasteiger charge is -2.40. The van der Waals surface area contributed by atoms with E-state index >= 15 is 0 Å². The molecule has 2 N–H and O–H groups in total. The van der Waals surface area contributed by atoms with Crippen LogP contribution in [0.5, 0.6) is 17.6 Å². The molecule has 2 aromatic heterocycles. The van der Waals surface area contributed by atoms with Gasteiger partial charge in [-0.15, -0.1) is 0 Å². The van der Waals surface area contributed by atoms with Crippen molar-refractivity contribution in [1.29, 1.82) is 0 Å². The Kier molecular flexibility index (Phi) is 10.2. The molecule has 0 bridgehead atoms. The standard InChI is InChI=1S/C36H53N5O5Si2/c1-24-17-15-16-20-26(24)45-34-38-30-31(39-33(37)40-32(30)42-22-25-18-13-12-14-19-25)41(34)29-21-27(46-48(10,11)36(5,6)7)28(44-29)23-43-47(8,9)35(2,3)4/h12-20,27-29H,21-23H2,1-11H3,(H2,37,39,40)/t27-,28+,29+/m0/s1. The maximum atomic E-state index is 7.07. The van der Waals surface area contributed by atoms with Gasteiger partial charge in [-0.05, 0) is 60.4 Å². The maximum absolute atomic E-state index is 7.07. The Morgan fingerprint density at radius 1 is 0.875 bits per heavy atom. The van der Waals surface area contributed by atoms with E-state index in [2.05, 4.69) is 77.7 Å². The Labute approximate surface area is 287 Å². The lowest BCUT2D eigenvalue weighted by atomic mass is 10.2. The van der Waals surface area contributed by atoms with Gasteiger partial charge in [0.15, 0.2) is 27.8 Å². The van der Waals surface area contributed by atoms with E-state index in [-0.39, 0.29) is 34.1 Å². The van der Waals surface area contributed by atoms with Crippen molar-refractivity contribution in [1.82, 2.24) is 19.5 Å². The quantitative estimate of drug-likeness (QED) is 0.154. The first-order chi connectivity index (χ1) is 22.4. The molecule has 0 saturated carbocycles. The highest BCUT2D eigenvalue weighted by atomic mass is 28.4. The average molecular weight is 692 g/mol. The van der Waals surface area contributed by atoms with Crippen molar-refractivity contribution >= 4 is 33.7 Å². The summed E-state index contributed by atoms with van der Waals surface area (Å²) < 4.78 is 35.3. The van der Waals surface area contributed by atoms with E-state index in [1.54, 1.807) is 0 Å². The maximum Gasteiger partial charge on any atom is 0.306 e. The normalized spacial score (nSPS) is 19.2. The molecule has 0 unspecified atom stereocenters. The van der Waals surface area contributed by atoms with Crippen LogP contribution in [0, 0.1) is 6.92 Å². The molecule has 2 aromatic carbocycles. The van der Waals surface area contributed by atoms with E-state index in [9.17, 15) is 0 Å². The van der Waals surface area contributed by atoms with Gasteiger partial charge < -0.3 is 28.8 Å².